The van der Waals surface area contributed by atoms with E-state index >= 15 is 0 Å². The van der Waals surface area contributed by atoms with Crippen molar-refractivity contribution in [3.63, 3.8) is 0 Å². The topological polar surface area (TPSA) is 133 Å². The minimum absolute atomic E-state index is 0.00681. The van der Waals surface area contributed by atoms with Crippen molar-refractivity contribution >= 4 is 18.0 Å². The lowest BCUT2D eigenvalue weighted by molar-refractivity contribution is -0.158. The van der Waals surface area contributed by atoms with Gasteiger partial charge in [0.2, 0.25) is 5.91 Å². The number of carbonyl (C=O) groups excluding carboxylic acids is 3. The molecule has 0 aromatic heterocycles. The second-order valence-electron chi connectivity index (χ2n) is 12.8. The van der Waals surface area contributed by atoms with E-state index in [1.54, 1.807) is 17.9 Å². The zero-order chi connectivity index (χ0) is 31.9. The number of morpholine rings is 1. The first-order valence-electron chi connectivity index (χ1n) is 15.9. The standard InChI is InChI=1S/C33H50N2O9/c1-21(7-10-28-31(38)33(12-13-33)20-25(44-28)19-30(37)40-5)6-9-27-22(2)18-26(24(4)43-27)34-29(36)11-8-23(3)42-32(39)35-14-16-41-17-15-35/h6-8,10-11,22-28,31,38H,9,12-20H2,1-5H3,(H,34,36)/b10-7+,11-8-,21-6+/t22-,23-,24+,25+,26+,27-,28+,31+/m0/s1. The summed E-state index contributed by atoms with van der Waals surface area (Å²) in [5, 5.41) is 14.0. The summed E-state index contributed by atoms with van der Waals surface area (Å²) in [5.41, 5.74) is 0.884. The third kappa shape index (κ3) is 9.39. The van der Waals surface area contributed by atoms with Crippen LogP contribution in [-0.2, 0) is 33.3 Å². The van der Waals surface area contributed by atoms with Crippen LogP contribution in [0.3, 0.4) is 0 Å². The number of carbonyl (C=O) groups is 3. The van der Waals surface area contributed by atoms with Gasteiger partial charge in [-0.2, -0.15) is 0 Å². The number of methoxy groups -OCH3 is 1. The molecule has 1 saturated carbocycles. The van der Waals surface area contributed by atoms with E-state index in [4.69, 9.17) is 23.7 Å². The van der Waals surface area contributed by atoms with Gasteiger partial charge in [-0.25, -0.2) is 4.79 Å². The Morgan fingerprint density at radius 1 is 1.14 bits per heavy atom. The maximum Gasteiger partial charge on any atom is 0.410 e. The molecule has 3 saturated heterocycles. The lowest BCUT2D eigenvalue weighted by Gasteiger charge is -2.39. The lowest BCUT2D eigenvalue weighted by Crippen LogP contribution is -2.50. The smallest absolute Gasteiger partial charge is 0.410 e. The molecule has 11 heteroatoms. The van der Waals surface area contributed by atoms with Gasteiger partial charge in [0.15, 0.2) is 0 Å². The van der Waals surface area contributed by atoms with Crippen LogP contribution in [0, 0.1) is 11.3 Å². The minimum atomic E-state index is -0.585. The zero-order valence-corrected chi connectivity index (χ0v) is 26.7. The first-order chi connectivity index (χ1) is 21.0. The molecule has 44 heavy (non-hydrogen) atoms. The Labute approximate surface area is 260 Å². The fourth-order valence-corrected chi connectivity index (χ4v) is 6.27. The Morgan fingerprint density at radius 2 is 1.86 bits per heavy atom. The van der Waals surface area contributed by atoms with Gasteiger partial charge in [0.05, 0.1) is 57.2 Å². The molecule has 0 bridgehead atoms. The first kappa shape index (κ1) is 34.1. The van der Waals surface area contributed by atoms with Crippen molar-refractivity contribution in [3.8, 4) is 0 Å². The van der Waals surface area contributed by atoms with Gasteiger partial charge in [-0.1, -0.05) is 30.7 Å². The van der Waals surface area contributed by atoms with Crippen molar-refractivity contribution < 1.29 is 43.2 Å². The molecular weight excluding hydrogens is 568 g/mol. The van der Waals surface area contributed by atoms with Crippen LogP contribution in [-0.4, -0.2) is 104 Å². The molecule has 0 aromatic rings. The van der Waals surface area contributed by atoms with E-state index in [0.29, 0.717) is 32.7 Å². The molecule has 0 radical (unpaired) electrons. The number of nitrogens with one attached hydrogen (secondary N) is 1. The minimum Gasteiger partial charge on any atom is -0.469 e. The van der Waals surface area contributed by atoms with Gasteiger partial charge in [0, 0.05) is 24.6 Å². The summed E-state index contributed by atoms with van der Waals surface area (Å²) in [4.78, 5) is 38.3. The Morgan fingerprint density at radius 3 is 2.55 bits per heavy atom. The molecule has 0 aromatic carbocycles. The SMILES string of the molecule is COC(=O)C[C@@H]1CC2(CC2)[C@H](O)[C@@H](/C=C/C(C)=C/C[C@@H]2O[C@H](C)[C@H](NC(=O)/C=C\[C@H](C)OC(=O)N3CCOCC3)C[C@@H]2C)O1. The number of allylic oxidation sites excluding steroid dienone is 2. The Hall–Kier alpha value is -2.73. The molecule has 3 heterocycles. The van der Waals surface area contributed by atoms with Gasteiger partial charge in [-0.05, 0) is 64.9 Å². The van der Waals surface area contributed by atoms with Gasteiger partial charge in [-0.15, -0.1) is 0 Å². The summed E-state index contributed by atoms with van der Waals surface area (Å²) >= 11 is 0. The van der Waals surface area contributed by atoms with E-state index in [1.807, 2.05) is 26.0 Å². The monoisotopic (exact) mass is 618 g/mol. The van der Waals surface area contributed by atoms with E-state index < -0.39 is 24.4 Å². The van der Waals surface area contributed by atoms with Gasteiger partial charge in [0.1, 0.15) is 12.2 Å². The molecule has 3 aliphatic heterocycles. The second kappa shape index (κ2) is 15.5. The van der Waals surface area contributed by atoms with Crippen molar-refractivity contribution in [1.29, 1.82) is 0 Å². The third-order valence-corrected chi connectivity index (χ3v) is 9.28. The number of amides is 2. The molecule has 4 rings (SSSR count). The van der Waals surface area contributed by atoms with E-state index in [1.165, 1.54) is 13.2 Å². The van der Waals surface area contributed by atoms with Crippen molar-refractivity contribution in [3.05, 3.63) is 36.0 Å². The van der Waals surface area contributed by atoms with Crippen molar-refractivity contribution in [2.45, 2.75) is 109 Å². The maximum atomic E-state index is 12.6. The normalized spacial score (nSPS) is 32.9. The summed E-state index contributed by atoms with van der Waals surface area (Å²) in [6.07, 6.45) is 10.9. The Balaban J connectivity index is 1.22. The summed E-state index contributed by atoms with van der Waals surface area (Å²) < 4.78 is 27.9. The molecule has 1 aliphatic carbocycles. The van der Waals surface area contributed by atoms with Crippen molar-refractivity contribution in [2.75, 3.05) is 33.4 Å². The number of nitrogens with zero attached hydrogens (tertiary/aromatic N) is 1. The van der Waals surface area contributed by atoms with Gasteiger partial charge >= 0.3 is 12.1 Å². The van der Waals surface area contributed by atoms with Crippen LogP contribution in [0.5, 0.6) is 0 Å². The molecule has 246 valence electrons. The van der Waals surface area contributed by atoms with Gasteiger partial charge < -0.3 is 39.0 Å². The van der Waals surface area contributed by atoms with Crippen LogP contribution in [0.4, 0.5) is 4.79 Å². The summed E-state index contributed by atoms with van der Waals surface area (Å²) in [5.74, 6) is -0.327. The quantitative estimate of drug-likeness (QED) is 0.215. The van der Waals surface area contributed by atoms with Crippen molar-refractivity contribution in [2.24, 2.45) is 11.3 Å². The lowest BCUT2D eigenvalue weighted by atomic mass is 9.84. The van der Waals surface area contributed by atoms with Crippen molar-refractivity contribution in [1.82, 2.24) is 10.2 Å². The highest BCUT2D eigenvalue weighted by atomic mass is 16.6. The number of ether oxygens (including phenoxy) is 5. The van der Waals surface area contributed by atoms with Crippen LogP contribution in [0.1, 0.15) is 66.2 Å². The van der Waals surface area contributed by atoms with E-state index in [0.717, 1.165) is 31.3 Å². The number of rotatable bonds is 10. The predicted octanol–water partition coefficient (Wildman–Crippen LogP) is 3.45. The Bertz CT molecular complexity index is 1090. The average molecular weight is 619 g/mol. The van der Waals surface area contributed by atoms with E-state index in [9.17, 15) is 19.5 Å². The predicted molar refractivity (Wildman–Crippen MR) is 163 cm³/mol. The Kier molecular flexibility index (Phi) is 12.0. The number of hydrogen-bond donors (Lipinski definition) is 2. The molecule has 0 unspecified atom stereocenters. The number of aliphatic hydroxyl groups is 1. The van der Waals surface area contributed by atoms with E-state index in [-0.39, 0.29) is 54.0 Å². The largest absolute Gasteiger partial charge is 0.469 e. The zero-order valence-electron chi connectivity index (χ0n) is 26.7. The molecule has 2 amide bonds. The molecule has 4 aliphatic rings. The summed E-state index contributed by atoms with van der Waals surface area (Å²) in [6.45, 7) is 9.83. The summed E-state index contributed by atoms with van der Waals surface area (Å²) in [7, 11) is 1.38. The highest BCUT2D eigenvalue weighted by Crippen LogP contribution is 2.56. The number of aliphatic hydroxyl groups excluding tert-OH is 1. The number of hydrogen-bond acceptors (Lipinski definition) is 9. The first-order valence-corrected chi connectivity index (χ1v) is 15.9. The molecule has 8 atom stereocenters. The van der Waals surface area contributed by atoms with Crippen LogP contribution in [0.25, 0.3) is 0 Å². The fourth-order valence-electron chi connectivity index (χ4n) is 6.27. The molecular formula is C33H50N2O9. The summed E-state index contributed by atoms with van der Waals surface area (Å²) in [6, 6.07) is -0.132. The molecule has 2 N–H and O–H groups in total. The molecule has 1 spiro atoms. The maximum absolute atomic E-state index is 12.6. The third-order valence-electron chi connectivity index (χ3n) is 9.28. The number of esters is 1. The van der Waals surface area contributed by atoms with Gasteiger partial charge in [0.25, 0.3) is 0 Å². The van der Waals surface area contributed by atoms with Crippen LogP contribution >= 0.6 is 0 Å². The average Bonchev–Trinajstić information content (AvgIpc) is 3.78. The molecule has 4 fully saturated rings. The van der Waals surface area contributed by atoms with E-state index in [2.05, 4.69) is 18.3 Å². The van der Waals surface area contributed by atoms with Crippen LogP contribution in [0.15, 0.2) is 36.0 Å². The fraction of sp³-hybridized carbons (Fsp3) is 0.727. The van der Waals surface area contributed by atoms with Gasteiger partial charge in [-0.3, -0.25) is 9.59 Å². The van der Waals surface area contributed by atoms with Crippen LogP contribution < -0.4 is 5.32 Å². The highest BCUT2D eigenvalue weighted by Gasteiger charge is 2.56. The second-order valence-corrected chi connectivity index (χ2v) is 12.8. The van der Waals surface area contributed by atoms with Crippen LogP contribution in [0.2, 0.25) is 0 Å². The highest BCUT2D eigenvalue weighted by molar-refractivity contribution is 5.87. The molecule has 11 nitrogen and oxygen atoms in total.